The molecular formula is C9H19NO. The highest BCUT2D eigenvalue weighted by molar-refractivity contribution is 4.90. The van der Waals surface area contributed by atoms with E-state index in [1.54, 1.807) is 0 Å². The number of aliphatic hydroxyl groups is 1. The highest BCUT2D eigenvalue weighted by Gasteiger charge is 2.34. The molecule has 2 atom stereocenters. The van der Waals surface area contributed by atoms with Gasteiger partial charge in [0.2, 0.25) is 0 Å². The fraction of sp³-hybridized carbons (Fsp3) is 1.00. The average molecular weight is 157 g/mol. The Morgan fingerprint density at radius 1 is 1.55 bits per heavy atom. The SMILES string of the molecule is CC1CC(O)(C(C)C)CCN1. The summed E-state index contributed by atoms with van der Waals surface area (Å²) in [5.74, 6) is 0.382. The smallest absolute Gasteiger partial charge is 0.0697 e. The number of piperidine rings is 1. The van der Waals surface area contributed by atoms with Crippen LogP contribution in [0.25, 0.3) is 0 Å². The third-order valence-corrected chi connectivity index (χ3v) is 2.79. The first kappa shape index (κ1) is 9.01. The van der Waals surface area contributed by atoms with Gasteiger partial charge in [-0.2, -0.15) is 0 Å². The first-order valence-corrected chi connectivity index (χ1v) is 4.50. The van der Waals surface area contributed by atoms with Gasteiger partial charge >= 0.3 is 0 Å². The summed E-state index contributed by atoms with van der Waals surface area (Å²) >= 11 is 0. The van der Waals surface area contributed by atoms with Gasteiger partial charge in [-0.1, -0.05) is 13.8 Å². The third kappa shape index (κ3) is 1.94. The minimum absolute atomic E-state index is 0.382. The van der Waals surface area contributed by atoms with E-state index >= 15 is 0 Å². The molecule has 0 aliphatic carbocycles. The highest BCUT2D eigenvalue weighted by Crippen LogP contribution is 2.28. The first-order valence-electron chi connectivity index (χ1n) is 4.50. The summed E-state index contributed by atoms with van der Waals surface area (Å²) in [5, 5.41) is 13.4. The second-order valence-corrected chi connectivity index (χ2v) is 4.07. The fourth-order valence-electron chi connectivity index (χ4n) is 1.76. The van der Waals surface area contributed by atoms with E-state index in [2.05, 4.69) is 26.1 Å². The lowest BCUT2D eigenvalue weighted by atomic mass is 9.80. The second kappa shape index (κ2) is 3.11. The van der Waals surface area contributed by atoms with Crippen molar-refractivity contribution in [1.29, 1.82) is 0 Å². The molecule has 0 aromatic rings. The maximum atomic E-state index is 10.1. The van der Waals surface area contributed by atoms with Crippen molar-refractivity contribution in [3.05, 3.63) is 0 Å². The molecule has 0 aromatic carbocycles. The molecule has 1 saturated heterocycles. The van der Waals surface area contributed by atoms with Crippen LogP contribution in [0.15, 0.2) is 0 Å². The summed E-state index contributed by atoms with van der Waals surface area (Å²) in [6.45, 7) is 7.28. The molecule has 2 nitrogen and oxygen atoms in total. The zero-order valence-electron chi connectivity index (χ0n) is 7.72. The second-order valence-electron chi connectivity index (χ2n) is 4.07. The zero-order chi connectivity index (χ0) is 8.48. The van der Waals surface area contributed by atoms with Gasteiger partial charge in [-0.05, 0) is 32.2 Å². The summed E-state index contributed by atoms with van der Waals surface area (Å²) < 4.78 is 0. The molecule has 1 heterocycles. The molecule has 0 aromatic heterocycles. The summed E-state index contributed by atoms with van der Waals surface area (Å²) in [4.78, 5) is 0. The molecule has 2 unspecified atom stereocenters. The monoisotopic (exact) mass is 157 g/mol. The van der Waals surface area contributed by atoms with Gasteiger partial charge in [0.1, 0.15) is 0 Å². The number of hydrogen-bond acceptors (Lipinski definition) is 2. The Morgan fingerprint density at radius 2 is 2.18 bits per heavy atom. The molecule has 1 aliphatic heterocycles. The van der Waals surface area contributed by atoms with Crippen LogP contribution in [0.2, 0.25) is 0 Å². The molecule has 0 spiro atoms. The first-order chi connectivity index (χ1) is 5.04. The van der Waals surface area contributed by atoms with Crippen molar-refractivity contribution < 1.29 is 5.11 Å². The van der Waals surface area contributed by atoms with Crippen LogP contribution in [0.4, 0.5) is 0 Å². The van der Waals surface area contributed by atoms with E-state index in [0.717, 1.165) is 19.4 Å². The minimum atomic E-state index is -0.412. The summed E-state index contributed by atoms with van der Waals surface area (Å²) in [7, 11) is 0. The predicted octanol–water partition coefficient (Wildman–Crippen LogP) is 1.15. The number of rotatable bonds is 1. The van der Waals surface area contributed by atoms with Gasteiger partial charge < -0.3 is 10.4 Å². The van der Waals surface area contributed by atoms with E-state index in [-0.39, 0.29) is 0 Å². The van der Waals surface area contributed by atoms with Crippen LogP contribution in [0.3, 0.4) is 0 Å². The van der Waals surface area contributed by atoms with Crippen LogP contribution < -0.4 is 5.32 Å². The van der Waals surface area contributed by atoms with E-state index in [1.165, 1.54) is 0 Å². The molecule has 66 valence electrons. The Kier molecular flexibility index (Phi) is 2.55. The van der Waals surface area contributed by atoms with Gasteiger partial charge in [-0.3, -0.25) is 0 Å². The van der Waals surface area contributed by atoms with Crippen LogP contribution in [0, 0.1) is 5.92 Å². The van der Waals surface area contributed by atoms with Crippen molar-refractivity contribution in [2.24, 2.45) is 5.92 Å². The molecule has 1 fully saturated rings. The van der Waals surface area contributed by atoms with Crippen LogP contribution >= 0.6 is 0 Å². The standard InChI is InChI=1S/C9H19NO/c1-7(2)9(11)4-5-10-8(3)6-9/h7-8,10-11H,4-6H2,1-3H3. The van der Waals surface area contributed by atoms with E-state index in [0.29, 0.717) is 12.0 Å². The molecule has 0 radical (unpaired) electrons. The van der Waals surface area contributed by atoms with Crippen molar-refractivity contribution in [3.8, 4) is 0 Å². The van der Waals surface area contributed by atoms with Crippen molar-refractivity contribution >= 4 is 0 Å². The highest BCUT2D eigenvalue weighted by atomic mass is 16.3. The van der Waals surface area contributed by atoms with Gasteiger partial charge in [0.15, 0.2) is 0 Å². The Labute approximate surface area is 69.0 Å². The fourth-order valence-corrected chi connectivity index (χ4v) is 1.76. The van der Waals surface area contributed by atoms with Gasteiger partial charge in [0, 0.05) is 6.04 Å². The summed E-state index contributed by atoms with van der Waals surface area (Å²) in [5.41, 5.74) is -0.412. The molecule has 1 rings (SSSR count). The van der Waals surface area contributed by atoms with Crippen LogP contribution in [-0.2, 0) is 0 Å². The normalized spacial score (nSPS) is 39.5. The van der Waals surface area contributed by atoms with Crippen molar-refractivity contribution in [2.75, 3.05) is 6.54 Å². The Balaban J connectivity index is 2.55. The van der Waals surface area contributed by atoms with Crippen LogP contribution in [0.5, 0.6) is 0 Å². The quantitative estimate of drug-likeness (QED) is 0.598. The summed E-state index contributed by atoms with van der Waals surface area (Å²) in [6, 6.07) is 0.469. The van der Waals surface area contributed by atoms with Crippen molar-refractivity contribution in [3.63, 3.8) is 0 Å². The molecule has 0 saturated carbocycles. The van der Waals surface area contributed by atoms with E-state index in [9.17, 15) is 5.11 Å². The van der Waals surface area contributed by atoms with Gasteiger partial charge in [-0.15, -0.1) is 0 Å². The lowest BCUT2D eigenvalue weighted by Gasteiger charge is -2.39. The molecule has 0 amide bonds. The van der Waals surface area contributed by atoms with E-state index in [1.807, 2.05) is 0 Å². The Hall–Kier alpha value is -0.0800. The Bertz CT molecular complexity index is 136. The third-order valence-electron chi connectivity index (χ3n) is 2.79. The minimum Gasteiger partial charge on any atom is -0.390 e. The molecule has 0 bridgehead atoms. The number of nitrogens with one attached hydrogen (secondary N) is 1. The average Bonchev–Trinajstić information content (AvgIpc) is 1.86. The van der Waals surface area contributed by atoms with Crippen LogP contribution in [0.1, 0.15) is 33.6 Å². The summed E-state index contributed by atoms with van der Waals surface area (Å²) in [6.07, 6.45) is 1.79. The maximum Gasteiger partial charge on any atom is 0.0697 e. The predicted molar refractivity (Wildman–Crippen MR) is 46.5 cm³/mol. The topological polar surface area (TPSA) is 32.3 Å². The largest absolute Gasteiger partial charge is 0.390 e. The number of hydrogen-bond donors (Lipinski definition) is 2. The lowest BCUT2D eigenvalue weighted by Crippen LogP contribution is -2.49. The van der Waals surface area contributed by atoms with Crippen LogP contribution in [-0.4, -0.2) is 23.3 Å². The maximum absolute atomic E-state index is 10.1. The lowest BCUT2D eigenvalue weighted by molar-refractivity contribution is -0.0414. The van der Waals surface area contributed by atoms with E-state index in [4.69, 9.17) is 0 Å². The molecule has 11 heavy (non-hydrogen) atoms. The molecule has 1 aliphatic rings. The molecular weight excluding hydrogens is 138 g/mol. The van der Waals surface area contributed by atoms with Crippen molar-refractivity contribution in [2.45, 2.75) is 45.3 Å². The Morgan fingerprint density at radius 3 is 2.55 bits per heavy atom. The van der Waals surface area contributed by atoms with Gasteiger partial charge in [-0.25, -0.2) is 0 Å². The van der Waals surface area contributed by atoms with Gasteiger partial charge in [0.25, 0.3) is 0 Å². The van der Waals surface area contributed by atoms with Crippen molar-refractivity contribution in [1.82, 2.24) is 5.32 Å². The van der Waals surface area contributed by atoms with Gasteiger partial charge in [0.05, 0.1) is 5.60 Å². The van der Waals surface area contributed by atoms with E-state index < -0.39 is 5.60 Å². The molecule has 2 N–H and O–H groups in total. The molecule has 2 heteroatoms. The zero-order valence-corrected chi connectivity index (χ0v) is 7.72.